The first-order valence-corrected chi connectivity index (χ1v) is 6.81. The summed E-state index contributed by atoms with van der Waals surface area (Å²) in [6.07, 6.45) is -3.62. The van der Waals surface area contributed by atoms with Crippen molar-refractivity contribution in [3.05, 3.63) is 34.9 Å². The van der Waals surface area contributed by atoms with Crippen molar-refractivity contribution in [3.8, 4) is 0 Å². The SMILES string of the molecule is CNC(CCOCCOC)c1ccc(C(F)(F)F)cc1C. The molecule has 0 saturated carbocycles. The zero-order chi connectivity index (χ0) is 15.9. The van der Waals surface area contributed by atoms with Crippen LogP contribution >= 0.6 is 0 Å². The van der Waals surface area contributed by atoms with Crippen molar-refractivity contribution in [2.45, 2.75) is 25.6 Å². The number of nitrogens with one attached hydrogen (secondary N) is 1. The van der Waals surface area contributed by atoms with E-state index in [1.807, 2.05) is 0 Å². The van der Waals surface area contributed by atoms with E-state index in [9.17, 15) is 13.2 Å². The molecule has 0 amide bonds. The van der Waals surface area contributed by atoms with Crippen molar-refractivity contribution in [2.75, 3.05) is 34.0 Å². The molecular weight excluding hydrogens is 283 g/mol. The van der Waals surface area contributed by atoms with Gasteiger partial charge in [0.15, 0.2) is 0 Å². The molecule has 0 aliphatic carbocycles. The first kappa shape index (κ1) is 17.9. The minimum Gasteiger partial charge on any atom is -0.382 e. The summed E-state index contributed by atoms with van der Waals surface area (Å²) >= 11 is 0. The number of ether oxygens (including phenoxy) is 2. The number of rotatable bonds is 8. The molecule has 6 heteroatoms. The topological polar surface area (TPSA) is 30.5 Å². The van der Waals surface area contributed by atoms with Crippen LogP contribution in [0.5, 0.6) is 0 Å². The Morgan fingerprint density at radius 3 is 2.43 bits per heavy atom. The second kappa shape index (κ2) is 8.36. The molecule has 1 aromatic carbocycles. The van der Waals surface area contributed by atoms with E-state index < -0.39 is 11.7 Å². The number of aryl methyl sites for hydroxylation is 1. The lowest BCUT2D eigenvalue weighted by atomic mass is 9.97. The minimum absolute atomic E-state index is 0.0326. The number of alkyl halides is 3. The van der Waals surface area contributed by atoms with Crippen molar-refractivity contribution in [2.24, 2.45) is 0 Å². The number of hydrogen-bond acceptors (Lipinski definition) is 3. The van der Waals surface area contributed by atoms with Gasteiger partial charge in [-0.25, -0.2) is 0 Å². The Morgan fingerprint density at radius 1 is 1.19 bits per heavy atom. The predicted molar refractivity (Wildman–Crippen MR) is 75.3 cm³/mol. The highest BCUT2D eigenvalue weighted by atomic mass is 19.4. The molecule has 0 aliphatic heterocycles. The van der Waals surface area contributed by atoms with E-state index in [1.54, 1.807) is 21.1 Å². The zero-order valence-electron chi connectivity index (χ0n) is 12.6. The zero-order valence-corrected chi connectivity index (χ0v) is 12.6. The molecule has 1 unspecified atom stereocenters. The van der Waals surface area contributed by atoms with Crippen molar-refractivity contribution in [1.29, 1.82) is 0 Å². The fourth-order valence-electron chi connectivity index (χ4n) is 2.14. The third-order valence-corrected chi connectivity index (χ3v) is 3.30. The molecule has 120 valence electrons. The second-order valence-electron chi connectivity index (χ2n) is 4.80. The van der Waals surface area contributed by atoms with Gasteiger partial charge in [0.1, 0.15) is 0 Å². The van der Waals surface area contributed by atoms with Crippen LogP contribution in [0.4, 0.5) is 13.2 Å². The third-order valence-electron chi connectivity index (χ3n) is 3.30. The average Bonchev–Trinajstić information content (AvgIpc) is 2.42. The molecule has 0 bridgehead atoms. The Labute approximate surface area is 123 Å². The first-order chi connectivity index (χ1) is 9.90. The predicted octanol–water partition coefficient (Wildman–Crippen LogP) is 3.33. The van der Waals surface area contributed by atoms with Crippen LogP contribution in [-0.2, 0) is 15.7 Å². The van der Waals surface area contributed by atoms with Gasteiger partial charge in [0.25, 0.3) is 0 Å². The van der Waals surface area contributed by atoms with Crippen LogP contribution in [0, 0.1) is 6.92 Å². The molecule has 1 aromatic rings. The fraction of sp³-hybridized carbons (Fsp3) is 0.600. The van der Waals surface area contributed by atoms with E-state index in [0.29, 0.717) is 31.8 Å². The van der Waals surface area contributed by atoms with Gasteiger partial charge in [-0.3, -0.25) is 0 Å². The van der Waals surface area contributed by atoms with Gasteiger partial charge in [0.2, 0.25) is 0 Å². The molecule has 1 atom stereocenters. The fourth-order valence-corrected chi connectivity index (χ4v) is 2.14. The maximum atomic E-state index is 12.7. The van der Waals surface area contributed by atoms with Crippen LogP contribution in [0.15, 0.2) is 18.2 Å². The Morgan fingerprint density at radius 2 is 1.90 bits per heavy atom. The van der Waals surface area contributed by atoms with Gasteiger partial charge in [0, 0.05) is 19.8 Å². The molecule has 0 radical (unpaired) electrons. The summed E-state index contributed by atoms with van der Waals surface area (Å²) in [5.41, 5.74) is 0.872. The highest BCUT2D eigenvalue weighted by Gasteiger charge is 2.30. The standard InChI is InChI=1S/C15H22F3NO2/c1-11-10-12(15(16,17)18)4-5-13(11)14(19-2)6-7-21-9-8-20-3/h4-5,10,14,19H,6-9H2,1-3H3. The summed E-state index contributed by atoms with van der Waals surface area (Å²) in [4.78, 5) is 0. The van der Waals surface area contributed by atoms with E-state index in [4.69, 9.17) is 9.47 Å². The quantitative estimate of drug-likeness (QED) is 0.747. The number of hydrogen-bond donors (Lipinski definition) is 1. The van der Waals surface area contributed by atoms with Crippen molar-refractivity contribution in [1.82, 2.24) is 5.32 Å². The smallest absolute Gasteiger partial charge is 0.382 e. The number of halogens is 3. The maximum absolute atomic E-state index is 12.7. The monoisotopic (exact) mass is 305 g/mol. The summed E-state index contributed by atoms with van der Waals surface area (Å²) in [6, 6.07) is 3.81. The van der Waals surface area contributed by atoms with Gasteiger partial charge < -0.3 is 14.8 Å². The molecule has 1 N–H and O–H groups in total. The largest absolute Gasteiger partial charge is 0.416 e. The van der Waals surface area contributed by atoms with Crippen molar-refractivity contribution >= 4 is 0 Å². The second-order valence-corrected chi connectivity index (χ2v) is 4.80. The lowest BCUT2D eigenvalue weighted by Crippen LogP contribution is -2.20. The molecule has 0 spiro atoms. The maximum Gasteiger partial charge on any atom is 0.416 e. The van der Waals surface area contributed by atoms with Crippen LogP contribution in [0.2, 0.25) is 0 Å². The molecule has 21 heavy (non-hydrogen) atoms. The van der Waals surface area contributed by atoms with Crippen LogP contribution in [0.3, 0.4) is 0 Å². The van der Waals surface area contributed by atoms with Gasteiger partial charge in [-0.2, -0.15) is 13.2 Å². The summed E-state index contributed by atoms with van der Waals surface area (Å²) < 4.78 is 48.2. The van der Waals surface area contributed by atoms with Crippen LogP contribution in [-0.4, -0.2) is 34.0 Å². The van der Waals surface area contributed by atoms with Crippen LogP contribution < -0.4 is 5.32 Å². The lowest BCUT2D eigenvalue weighted by molar-refractivity contribution is -0.137. The van der Waals surface area contributed by atoms with Gasteiger partial charge in [-0.05, 0) is 43.7 Å². The van der Waals surface area contributed by atoms with E-state index in [1.165, 1.54) is 12.1 Å². The van der Waals surface area contributed by atoms with Crippen molar-refractivity contribution < 1.29 is 22.6 Å². The van der Waals surface area contributed by atoms with E-state index in [-0.39, 0.29) is 6.04 Å². The van der Waals surface area contributed by atoms with Crippen LogP contribution in [0.1, 0.15) is 29.2 Å². The molecular formula is C15H22F3NO2. The van der Waals surface area contributed by atoms with E-state index in [2.05, 4.69) is 5.32 Å². The summed E-state index contributed by atoms with van der Waals surface area (Å²) in [5, 5.41) is 3.12. The highest BCUT2D eigenvalue weighted by molar-refractivity contribution is 5.34. The Kier molecular flexibility index (Phi) is 7.14. The molecule has 0 heterocycles. The molecule has 3 nitrogen and oxygen atoms in total. The lowest BCUT2D eigenvalue weighted by Gasteiger charge is -2.20. The highest BCUT2D eigenvalue weighted by Crippen LogP contribution is 2.32. The molecule has 0 aliphatic rings. The molecule has 0 saturated heterocycles. The molecule has 1 rings (SSSR count). The van der Waals surface area contributed by atoms with E-state index >= 15 is 0 Å². The Balaban J connectivity index is 2.68. The van der Waals surface area contributed by atoms with Gasteiger partial charge >= 0.3 is 6.18 Å². The van der Waals surface area contributed by atoms with Gasteiger partial charge in [-0.15, -0.1) is 0 Å². The number of benzene rings is 1. The molecule has 0 aromatic heterocycles. The van der Waals surface area contributed by atoms with Gasteiger partial charge in [0.05, 0.1) is 18.8 Å². The Hall–Kier alpha value is -1.11. The van der Waals surface area contributed by atoms with Crippen LogP contribution in [0.25, 0.3) is 0 Å². The first-order valence-electron chi connectivity index (χ1n) is 6.81. The number of methoxy groups -OCH3 is 1. The molecule has 0 fully saturated rings. The van der Waals surface area contributed by atoms with Crippen molar-refractivity contribution in [3.63, 3.8) is 0 Å². The average molecular weight is 305 g/mol. The minimum atomic E-state index is -4.30. The normalized spacial score (nSPS) is 13.4. The summed E-state index contributed by atoms with van der Waals surface area (Å²) in [5.74, 6) is 0. The van der Waals surface area contributed by atoms with Gasteiger partial charge in [-0.1, -0.05) is 6.07 Å². The Bertz CT molecular complexity index is 435. The summed E-state index contributed by atoms with van der Waals surface area (Å²) in [6.45, 7) is 3.26. The third kappa shape index (κ3) is 5.65. The summed E-state index contributed by atoms with van der Waals surface area (Å²) in [7, 11) is 3.39. The van der Waals surface area contributed by atoms with E-state index in [0.717, 1.165) is 11.6 Å².